The number of carbonyl (C=O) groups is 3. The Labute approximate surface area is 380 Å². The highest BCUT2D eigenvalue weighted by Crippen LogP contribution is 2.15. The molecule has 0 spiro atoms. The van der Waals surface area contributed by atoms with Crippen LogP contribution in [-0.4, -0.2) is 37.2 Å². The van der Waals surface area contributed by atoms with E-state index in [1.165, 1.54) is 83.5 Å². The zero-order chi connectivity index (χ0) is 45.1. The second kappa shape index (κ2) is 49.7. The summed E-state index contributed by atoms with van der Waals surface area (Å²) in [6, 6.07) is 0. The Morgan fingerprint density at radius 2 is 0.645 bits per heavy atom. The summed E-state index contributed by atoms with van der Waals surface area (Å²) in [6.07, 6.45) is 66.5. The molecule has 1 unspecified atom stereocenters. The molecule has 1 atom stereocenters. The van der Waals surface area contributed by atoms with Crippen LogP contribution in [0.25, 0.3) is 0 Å². The van der Waals surface area contributed by atoms with Crippen molar-refractivity contribution >= 4 is 17.9 Å². The van der Waals surface area contributed by atoms with Gasteiger partial charge in [0, 0.05) is 19.3 Å². The quantitative estimate of drug-likeness (QED) is 0.0263. The number of hydrogen-bond acceptors (Lipinski definition) is 6. The molecule has 0 aliphatic carbocycles. The van der Waals surface area contributed by atoms with Crippen LogP contribution in [-0.2, 0) is 28.6 Å². The summed E-state index contributed by atoms with van der Waals surface area (Å²) in [6.45, 7) is 6.26. The van der Waals surface area contributed by atoms with E-state index in [9.17, 15) is 14.4 Å². The third-order valence-corrected chi connectivity index (χ3v) is 10.2. The average Bonchev–Trinajstić information content (AvgIpc) is 3.27. The molecule has 350 valence electrons. The van der Waals surface area contributed by atoms with Gasteiger partial charge in [0.25, 0.3) is 0 Å². The maximum Gasteiger partial charge on any atom is 0.306 e. The van der Waals surface area contributed by atoms with Crippen molar-refractivity contribution in [2.24, 2.45) is 0 Å². The summed E-state index contributed by atoms with van der Waals surface area (Å²) in [4.78, 5) is 37.9. The van der Waals surface area contributed by atoms with E-state index in [2.05, 4.69) is 51.2 Å². The van der Waals surface area contributed by atoms with Gasteiger partial charge in [0.05, 0.1) is 0 Å². The van der Waals surface area contributed by atoms with E-state index in [0.717, 1.165) is 77.0 Å². The lowest BCUT2D eigenvalue weighted by Crippen LogP contribution is -2.30. The molecule has 0 fully saturated rings. The van der Waals surface area contributed by atoms with Gasteiger partial charge in [-0.05, 0) is 51.4 Å². The summed E-state index contributed by atoms with van der Waals surface area (Å²) in [5.74, 6) is -1.02. The largest absolute Gasteiger partial charge is 0.462 e. The number of hydrogen-bond donors (Lipinski definition) is 0. The minimum atomic E-state index is -0.819. The van der Waals surface area contributed by atoms with Crippen LogP contribution in [0.4, 0.5) is 0 Å². The maximum atomic E-state index is 12.8. The molecule has 0 rings (SSSR count). The van der Waals surface area contributed by atoms with Crippen LogP contribution in [0.15, 0.2) is 109 Å². The van der Waals surface area contributed by atoms with Gasteiger partial charge < -0.3 is 14.2 Å². The number of esters is 3. The Morgan fingerprint density at radius 3 is 1.05 bits per heavy atom. The topological polar surface area (TPSA) is 78.9 Å². The number of unbranched alkanes of at least 4 members (excludes halogenated alkanes) is 21. The van der Waals surface area contributed by atoms with Crippen molar-refractivity contribution in [1.29, 1.82) is 0 Å². The van der Waals surface area contributed by atoms with Gasteiger partial charge in [-0.3, -0.25) is 14.4 Å². The van der Waals surface area contributed by atoms with Crippen LogP contribution in [0.5, 0.6) is 0 Å². The smallest absolute Gasteiger partial charge is 0.306 e. The zero-order valence-corrected chi connectivity index (χ0v) is 39.8. The van der Waals surface area contributed by atoms with Crippen LogP contribution in [0.3, 0.4) is 0 Å². The molecule has 0 bridgehead atoms. The predicted molar refractivity (Wildman–Crippen MR) is 265 cm³/mol. The van der Waals surface area contributed by atoms with Crippen LogP contribution in [0, 0.1) is 0 Å². The van der Waals surface area contributed by atoms with Crippen molar-refractivity contribution in [1.82, 2.24) is 0 Å². The van der Waals surface area contributed by atoms with Gasteiger partial charge in [0.1, 0.15) is 13.2 Å². The fraction of sp³-hybridized carbons (Fsp3) is 0.625. The lowest BCUT2D eigenvalue weighted by atomic mass is 10.0. The van der Waals surface area contributed by atoms with E-state index in [1.807, 2.05) is 79.0 Å². The molecule has 0 saturated heterocycles. The first-order valence-corrected chi connectivity index (χ1v) is 25.0. The minimum absolute atomic E-state index is 0.111. The highest BCUT2D eigenvalue weighted by atomic mass is 16.6. The lowest BCUT2D eigenvalue weighted by Gasteiger charge is -2.18. The van der Waals surface area contributed by atoms with E-state index in [-0.39, 0.29) is 44.0 Å². The summed E-state index contributed by atoms with van der Waals surface area (Å²) >= 11 is 0. The Morgan fingerprint density at radius 1 is 0.339 bits per heavy atom. The first kappa shape index (κ1) is 58.1. The monoisotopic (exact) mass is 859 g/mol. The van der Waals surface area contributed by atoms with Gasteiger partial charge in [0.2, 0.25) is 0 Å². The summed E-state index contributed by atoms with van der Waals surface area (Å²) in [5, 5.41) is 0. The molecule has 6 heteroatoms. The van der Waals surface area contributed by atoms with Crippen LogP contribution >= 0.6 is 0 Å². The van der Waals surface area contributed by atoms with Gasteiger partial charge in [-0.15, -0.1) is 0 Å². The summed E-state index contributed by atoms with van der Waals surface area (Å²) < 4.78 is 16.7. The number of carbonyl (C=O) groups excluding carboxylic acids is 3. The molecule has 0 saturated carbocycles. The van der Waals surface area contributed by atoms with Gasteiger partial charge in [-0.1, -0.05) is 246 Å². The van der Waals surface area contributed by atoms with Gasteiger partial charge in [-0.2, -0.15) is 0 Å². The molecule has 6 nitrogen and oxygen atoms in total. The van der Waals surface area contributed by atoms with Crippen LogP contribution in [0.1, 0.15) is 207 Å². The Kier molecular flexibility index (Phi) is 46.6. The van der Waals surface area contributed by atoms with Crippen molar-refractivity contribution in [3.63, 3.8) is 0 Å². The molecule has 0 aromatic carbocycles. The zero-order valence-electron chi connectivity index (χ0n) is 39.8. The van der Waals surface area contributed by atoms with Gasteiger partial charge >= 0.3 is 17.9 Å². The van der Waals surface area contributed by atoms with Gasteiger partial charge in [-0.25, -0.2) is 0 Å². The second-order valence-electron chi connectivity index (χ2n) is 16.2. The average molecular weight is 859 g/mol. The molecule has 0 aliphatic heterocycles. The maximum absolute atomic E-state index is 12.8. The first-order chi connectivity index (χ1) is 30.5. The SMILES string of the molecule is CC\C=C/C=C\C=C/C=C\C=C/CCCC(=O)OCC(COC(=O)CCCCCCCCCCCCCCCCCC)OC(=O)CCCCCCC\C=C/C=C\C=C/C=C\CC. The Balaban J connectivity index is 4.52. The molecule has 0 N–H and O–H groups in total. The fourth-order valence-corrected chi connectivity index (χ4v) is 6.54. The third kappa shape index (κ3) is 47.1. The molecule has 0 heterocycles. The third-order valence-electron chi connectivity index (χ3n) is 10.2. The summed E-state index contributed by atoms with van der Waals surface area (Å²) in [7, 11) is 0. The number of rotatable bonds is 43. The van der Waals surface area contributed by atoms with E-state index in [4.69, 9.17) is 14.2 Å². The second-order valence-corrected chi connectivity index (χ2v) is 16.2. The predicted octanol–water partition coefficient (Wildman–Crippen LogP) is 16.4. The molecule has 0 aliphatic rings. The minimum Gasteiger partial charge on any atom is -0.462 e. The normalized spacial score (nSPS) is 13.0. The molecule has 0 aromatic heterocycles. The van der Waals surface area contributed by atoms with Crippen LogP contribution < -0.4 is 0 Å². The Bertz CT molecular complexity index is 1310. The number of allylic oxidation sites excluding steroid dienone is 18. The highest BCUT2D eigenvalue weighted by Gasteiger charge is 2.19. The molecule has 0 aromatic rings. The Hall–Kier alpha value is -3.93. The van der Waals surface area contributed by atoms with Crippen molar-refractivity contribution < 1.29 is 28.6 Å². The van der Waals surface area contributed by atoms with Crippen LogP contribution in [0.2, 0.25) is 0 Å². The van der Waals surface area contributed by atoms with Crippen molar-refractivity contribution in [3.05, 3.63) is 109 Å². The first-order valence-electron chi connectivity index (χ1n) is 25.0. The van der Waals surface area contributed by atoms with E-state index in [1.54, 1.807) is 0 Å². The van der Waals surface area contributed by atoms with E-state index >= 15 is 0 Å². The van der Waals surface area contributed by atoms with Crippen molar-refractivity contribution in [2.75, 3.05) is 13.2 Å². The molecule has 0 amide bonds. The summed E-state index contributed by atoms with van der Waals surface area (Å²) in [5.41, 5.74) is 0. The molecule has 0 radical (unpaired) electrons. The van der Waals surface area contributed by atoms with E-state index in [0.29, 0.717) is 12.8 Å². The van der Waals surface area contributed by atoms with Gasteiger partial charge in [0.15, 0.2) is 6.10 Å². The number of ether oxygens (including phenoxy) is 3. The van der Waals surface area contributed by atoms with Crippen molar-refractivity contribution in [3.8, 4) is 0 Å². The lowest BCUT2D eigenvalue weighted by molar-refractivity contribution is -0.167. The molecule has 62 heavy (non-hydrogen) atoms. The van der Waals surface area contributed by atoms with E-state index < -0.39 is 6.10 Å². The standard InChI is InChI=1S/C56H90O6/c1-4-7-10-13-16-19-22-25-27-29-31-34-37-40-43-46-49-55(58)61-52-53(51-60-54(57)48-45-42-39-36-33-30-24-21-18-15-12-9-6-3)62-56(59)50-47-44-41-38-35-32-28-26-23-20-17-14-11-8-5-2/h8-9,11-12,14-15,17-18,20-21,23-24,26,28,30,33,36,39,53H,4-7,10,13,16,19,22,25,27,29,31-32,34-35,37-38,40-52H2,1-3H3/b11-8-,12-9-,17-14-,18-15-,23-20-,24-21-,28-26-,33-30-,39-36-. The molecular formula is C56H90O6. The van der Waals surface area contributed by atoms with Crippen molar-refractivity contribution in [2.45, 2.75) is 213 Å². The fourth-order valence-electron chi connectivity index (χ4n) is 6.54. The highest BCUT2D eigenvalue weighted by molar-refractivity contribution is 5.71. The molecular weight excluding hydrogens is 769 g/mol.